The van der Waals surface area contributed by atoms with Crippen LogP contribution in [0.5, 0.6) is 0 Å². The lowest BCUT2D eigenvalue weighted by Crippen LogP contribution is -2.41. The number of carbonyl (C=O) groups is 3. The van der Waals surface area contributed by atoms with Crippen LogP contribution in [0.15, 0.2) is 24.3 Å². The number of nitrogens with zero attached hydrogens (tertiary/aromatic N) is 3. The number of anilines is 2. The first-order valence-electron chi connectivity index (χ1n) is 12.5. The maximum Gasteiger partial charge on any atom is 0.238 e. The van der Waals surface area contributed by atoms with Crippen molar-refractivity contribution in [3.05, 3.63) is 24.3 Å². The SMILES string of the molecule is C#CCNC(=O)C(C#N)CC1SC(CCNc2cccc(NC(=O)CN3CCOCC3)c2)C(=O)N1CC. The number of nitrogens with one attached hydrogen (secondary N) is 3. The summed E-state index contributed by atoms with van der Waals surface area (Å²) in [5, 5.41) is 17.8. The maximum absolute atomic E-state index is 12.9. The standard InChI is InChI=1S/C26H34N6O4S/c1-3-9-29-25(34)19(17-27)15-24-32(4-2)26(35)22(37-24)8-10-28-20-6-5-7-21(16-20)30-23(33)18-31-11-13-36-14-12-31/h1,5-7,16,19,22,24,28H,4,8-15,18H2,2H3,(H,29,34)(H,30,33). The Morgan fingerprint density at radius 3 is 2.76 bits per heavy atom. The molecule has 0 aromatic heterocycles. The summed E-state index contributed by atoms with van der Waals surface area (Å²) in [6, 6.07) is 9.52. The van der Waals surface area contributed by atoms with Crippen molar-refractivity contribution in [1.29, 1.82) is 5.26 Å². The number of morpholine rings is 1. The van der Waals surface area contributed by atoms with E-state index in [4.69, 9.17) is 11.2 Å². The summed E-state index contributed by atoms with van der Waals surface area (Å²) in [5.41, 5.74) is 1.55. The van der Waals surface area contributed by atoms with E-state index in [1.807, 2.05) is 37.3 Å². The van der Waals surface area contributed by atoms with E-state index in [-0.39, 0.29) is 35.4 Å². The Bertz CT molecular complexity index is 1030. The zero-order valence-electron chi connectivity index (χ0n) is 21.1. The molecule has 0 saturated carbocycles. The summed E-state index contributed by atoms with van der Waals surface area (Å²) < 4.78 is 5.32. The minimum atomic E-state index is -0.870. The van der Waals surface area contributed by atoms with Crippen molar-refractivity contribution >= 4 is 40.9 Å². The number of hydrogen-bond donors (Lipinski definition) is 3. The highest BCUT2D eigenvalue weighted by Crippen LogP contribution is 2.37. The van der Waals surface area contributed by atoms with E-state index in [0.29, 0.717) is 45.0 Å². The van der Waals surface area contributed by atoms with Crippen molar-refractivity contribution in [2.45, 2.75) is 30.4 Å². The molecule has 3 unspecified atom stereocenters. The molecule has 0 bridgehead atoms. The number of carbonyl (C=O) groups excluding carboxylic acids is 3. The Hall–Kier alpha value is -3.25. The average Bonchev–Trinajstić information content (AvgIpc) is 3.20. The van der Waals surface area contributed by atoms with E-state index in [2.05, 4.69) is 26.8 Å². The van der Waals surface area contributed by atoms with Gasteiger partial charge in [-0.05, 0) is 31.5 Å². The maximum atomic E-state index is 12.9. The van der Waals surface area contributed by atoms with Gasteiger partial charge in [-0.2, -0.15) is 5.26 Å². The van der Waals surface area contributed by atoms with Crippen molar-refractivity contribution in [3.63, 3.8) is 0 Å². The molecule has 1 aromatic rings. The van der Waals surface area contributed by atoms with Crippen LogP contribution in [-0.4, -0.2) is 90.6 Å². The summed E-state index contributed by atoms with van der Waals surface area (Å²) in [7, 11) is 0. The van der Waals surface area contributed by atoms with Crippen molar-refractivity contribution in [2.75, 3.05) is 63.1 Å². The highest BCUT2D eigenvalue weighted by atomic mass is 32.2. The molecule has 2 saturated heterocycles. The van der Waals surface area contributed by atoms with Gasteiger partial charge in [0.25, 0.3) is 0 Å². The normalized spacial score (nSPS) is 20.5. The Morgan fingerprint density at radius 1 is 1.30 bits per heavy atom. The second-order valence-corrected chi connectivity index (χ2v) is 10.2. The number of terminal acetylenes is 1. The lowest BCUT2D eigenvalue weighted by atomic mass is 10.1. The van der Waals surface area contributed by atoms with Crippen molar-refractivity contribution < 1.29 is 19.1 Å². The topological polar surface area (TPSA) is 127 Å². The highest BCUT2D eigenvalue weighted by Gasteiger charge is 2.40. The lowest BCUT2D eigenvalue weighted by Gasteiger charge is -2.25. The molecular weight excluding hydrogens is 492 g/mol. The smallest absolute Gasteiger partial charge is 0.238 e. The quantitative estimate of drug-likeness (QED) is 0.348. The predicted molar refractivity (Wildman–Crippen MR) is 144 cm³/mol. The van der Waals surface area contributed by atoms with Crippen molar-refractivity contribution in [1.82, 2.24) is 15.1 Å². The number of rotatable bonds is 12. The van der Waals surface area contributed by atoms with E-state index in [9.17, 15) is 19.6 Å². The Balaban J connectivity index is 1.48. The first-order valence-corrected chi connectivity index (χ1v) is 13.4. The van der Waals surface area contributed by atoms with Crippen LogP contribution >= 0.6 is 11.8 Å². The molecule has 0 radical (unpaired) electrons. The average molecular weight is 527 g/mol. The second-order valence-electron chi connectivity index (χ2n) is 8.78. The molecule has 2 aliphatic rings. The third kappa shape index (κ3) is 8.39. The molecule has 0 aliphatic carbocycles. The molecule has 3 rings (SSSR count). The minimum Gasteiger partial charge on any atom is -0.385 e. The Labute approximate surface area is 222 Å². The molecule has 3 amide bonds. The van der Waals surface area contributed by atoms with Gasteiger partial charge < -0.3 is 25.6 Å². The van der Waals surface area contributed by atoms with Crippen LogP contribution in [0.1, 0.15) is 19.8 Å². The third-order valence-corrected chi connectivity index (χ3v) is 7.72. The van der Waals surface area contributed by atoms with E-state index in [0.717, 1.165) is 18.8 Å². The Morgan fingerprint density at radius 2 is 2.05 bits per heavy atom. The third-order valence-electron chi connectivity index (χ3n) is 6.20. The highest BCUT2D eigenvalue weighted by molar-refractivity contribution is 8.01. The molecular formula is C26H34N6O4S. The van der Waals surface area contributed by atoms with Gasteiger partial charge in [-0.15, -0.1) is 18.2 Å². The van der Waals surface area contributed by atoms with Gasteiger partial charge in [0.05, 0.1) is 43.0 Å². The van der Waals surface area contributed by atoms with Crippen LogP contribution in [-0.2, 0) is 19.1 Å². The monoisotopic (exact) mass is 526 g/mol. The first kappa shape index (κ1) is 28.3. The van der Waals surface area contributed by atoms with E-state index in [1.54, 1.807) is 4.90 Å². The van der Waals surface area contributed by atoms with Gasteiger partial charge in [-0.1, -0.05) is 12.0 Å². The number of thioether (sulfide) groups is 1. The number of benzene rings is 1. The molecule has 3 N–H and O–H groups in total. The molecule has 10 nitrogen and oxygen atoms in total. The molecule has 1 aromatic carbocycles. The fourth-order valence-corrected chi connectivity index (χ4v) is 5.87. The second kappa shape index (κ2) is 14.5. The minimum absolute atomic E-state index is 0.0177. The van der Waals surface area contributed by atoms with Crippen molar-refractivity contribution in [2.24, 2.45) is 5.92 Å². The number of amides is 3. The van der Waals surface area contributed by atoms with Gasteiger partial charge in [0.15, 0.2) is 0 Å². The molecule has 3 atom stereocenters. The van der Waals surface area contributed by atoms with E-state index < -0.39 is 11.8 Å². The van der Waals surface area contributed by atoms with Crippen LogP contribution in [0, 0.1) is 29.6 Å². The molecule has 37 heavy (non-hydrogen) atoms. The van der Waals surface area contributed by atoms with Crippen molar-refractivity contribution in [3.8, 4) is 18.4 Å². The molecule has 2 fully saturated rings. The first-order chi connectivity index (χ1) is 17.9. The zero-order chi connectivity index (χ0) is 26.6. The largest absolute Gasteiger partial charge is 0.385 e. The number of hydrogen-bond acceptors (Lipinski definition) is 8. The fourth-order valence-electron chi connectivity index (χ4n) is 4.28. The molecule has 198 valence electrons. The Kier molecular flexibility index (Phi) is 11.1. The molecule has 2 heterocycles. The molecule has 0 spiro atoms. The van der Waals surface area contributed by atoms with Gasteiger partial charge in [0.2, 0.25) is 17.7 Å². The molecule has 2 aliphatic heterocycles. The molecule has 11 heteroatoms. The summed E-state index contributed by atoms with van der Waals surface area (Å²) in [6.07, 6.45) is 6.03. The zero-order valence-corrected chi connectivity index (χ0v) is 21.9. The van der Waals surface area contributed by atoms with Gasteiger partial charge in [-0.3, -0.25) is 19.3 Å². The predicted octanol–water partition coefficient (Wildman–Crippen LogP) is 1.33. The summed E-state index contributed by atoms with van der Waals surface area (Å²) >= 11 is 1.49. The number of ether oxygens (including phenoxy) is 1. The van der Waals surface area contributed by atoms with Gasteiger partial charge >= 0.3 is 0 Å². The van der Waals surface area contributed by atoms with E-state index in [1.165, 1.54) is 11.8 Å². The van der Waals surface area contributed by atoms with Gasteiger partial charge in [0.1, 0.15) is 5.92 Å². The lowest BCUT2D eigenvalue weighted by molar-refractivity contribution is -0.131. The summed E-state index contributed by atoms with van der Waals surface area (Å²) in [6.45, 7) is 6.15. The van der Waals surface area contributed by atoms with Gasteiger partial charge in [0, 0.05) is 44.0 Å². The van der Waals surface area contributed by atoms with Crippen LogP contribution < -0.4 is 16.0 Å². The summed E-state index contributed by atoms with van der Waals surface area (Å²) in [5.74, 6) is 0.996. The van der Waals surface area contributed by atoms with Crippen LogP contribution in [0.2, 0.25) is 0 Å². The van der Waals surface area contributed by atoms with Crippen LogP contribution in [0.25, 0.3) is 0 Å². The number of nitriles is 1. The van der Waals surface area contributed by atoms with E-state index >= 15 is 0 Å². The van der Waals surface area contributed by atoms with Crippen LogP contribution in [0.4, 0.5) is 11.4 Å². The van der Waals surface area contributed by atoms with Gasteiger partial charge in [-0.25, -0.2) is 0 Å². The summed E-state index contributed by atoms with van der Waals surface area (Å²) in [4.78, 5) is 41.3. The fraction of sp³-hybridized carbons (Fsp3) is 0.538. The van der Waals surface area contributed by atoms with Crippen LogP contribution in [0.3, 0.4) is 0 Å².